The summed E-state index contributed by atoms with van der Waals surface area (Å²) in [6, 6.07) is 3.35. The smallest absolute Gasteiger partial charge is 0.410 e. The van der Waals surface area contributed by atoms with Crippen LogP contribution in [-0.4, -0.2) is 57.4 Å². The maximum absolute atomic E-state index is 12.2. The molecule has 1 aromatic heterocycles. The third-order valence-corrected chi connectivity index (χ3v) is 3.87. The largest absolute Gasteiger partial charge is 0.444 e. The minimum Gasteiger partial charge on any atom is -0.444 e. The van der Waals surface area contributed by atoms with Crippen molar-refractivity contribution in [2.45, 2.75) is 45.8 Å². The van der Waals surface area contributed by atoms with Gasteiger partial charge in [-0.3, -0.25) is 0 Å². The molecule has 0 unspecified atom stereocenters. The molecule has 1 atom stereocenters. The van der Waals surface area contributed by atoms with Gasteiger partial charge in [-0.15, -0.1) is 0 Å². The highest BCUT2D eigenvalue weighted by molar-refractivity contribution is 5.69. The first-order chi connectivity index (χ1) is 11.2. The molecule has 2 rings (SSSR count). The van der Waals surface area contributed by atoms with E-state index in [1.807, 2.05) is 20.8 Å². The van der Waals surface area contributed by atoms with Gasteiger partial charge in [0.05, 0.1) is 5.69 Å². The van der Waals surface area contributed by atoms with E-state index in [2.05, 4.69) is 16.8 Å². The van der Waals surface area contributed by atoms with Crippen LogP contribution >= 0.6 is 0 Å². The van der Waals surface area contributed by atoms with Crippen molar-refractivity contribution in [1.82, 2.24) is 9.88 Å². The predicted octanol–water partition coefficient (Wildman–Crippen LogP) is 2.72. The highest BCUT2D eigenvalue weighted by Gasteiger charge is 2.32. The highest BCUT2D eigenvalue weighted by atomic mass is 16.6. The summed E-state index contributed by atoms with van der Waals surface area (Å²) in [5.74, 6) is -0.0563. The Balaban J connectivity index is 2.07. The standard InChI is InChI=1S/C16H25N4O4/c1-5-12-11-18(15(21)24-16(2,3)4)8-9-19(12)13-6-7-14(17-10-13)20(22)23/h6-7,10,12H,5,8-9,11H2,1-4H3,(H,22,23)/q+1/t12-/m0/s1. The van der Waals surface area contributed by atoms with Crippen LogP contribution in [0.25, 0.3) is 0 Å². The second-order valence-electron chi connectivity index (χ2n) is 6.83. The van der Waals surface area contributed by atoms with Crippen molar-refractivity contribution in [3.05, 3.63) is 23.2 Å². The zero-order chi connectivity index (χ0) is 17.9. The number of pyridine rings is 1. The second kappa shape index (κ2) is 7.02. The molecule has 2 heterocycles. The van der Waals surface area contributed by atoms with Crippen molar-refractivity contribution >= 4 is 17.6 Å². The molecule has 1 fully saturated rings. The molecule has 1 aliphatic heterocycles. The van der Waals surface area contributed by atoms with Crippen molar-refractivity contribution in [2.75, 3.05) is 24.5 Å². The van der Waals surface area contributed by atoms with E-state index in [-0.39, 0.29) is 22.9 Å². The number of amides is 1. The van der Waals surface area contributed by atoms with Crippen molar-refractivity contribution in [3.8, 4) is 0 Å². The average molecular weight is 337 g/mol. The summed E-state index contributed by atoms with van der Waals surface area (Å²) in [7, 11) is 0. The molecule has 8 nitrogen and oxygen atoms in total. The first-order valence-electron chi connectivity index (χ1n) is 8.08. The molecule has 0 spiro atoms. The van der Waals surface area contributed by atoms with Gasteiger partial charge in [-0.1, -0.05) is 6.92 Å². The fraction of sp³-hybridized carbons (Fsp3) is 0.625. The molecule has 1 N–H and O–H groups in total. The SMILES string of the molecule is CC[C@H]1CN(C(=O)OC(C)(C)C)CCN1c1ccc([N+](=O)O)nc1. The lowest BCUT2D eigenvalue weighted by molar-refractivity contribution is -0.732. The third-order valence-electron chi connectivity index (χ3n) is 3.87. The molecule has 0 radical (unpaired) electrons. The van der Waals surface area contributed by atoms with Crippen molar-refractivity contribution in [1.29, 1.82) is 0 Å². The molecule has 0 bridgehead atoms. The summed E-state index contributed by atoms with van der Waals surface area (Å²) < 4.78 is 5.44. The summed E-state index contributed by atoms with van der Waals surface area (Å²) in [5.41, 5.74) is 0.348. The number of anilines is 1. The van der Waals surface area contributed by atoms with Gasteiger partial charge in [-0.05, 0) is 43.1 Å². The van der Waals surface area contributed by atoms with Crippen LogP contribution < -0.4 is 4.90 Å². The second-order valence-corrected chi connectivity index (χ2v) is 6.83. The maximum Gasteiger partial charge on any atom is 0.410 e. The fourth-order valence-corrected chi connectivity index (χ4v) is 2.70. The Hall–Kier alpha value is -2.38. The Labute approximate surface area is 141 Å². The number of carbonyl (C=O) groups excluding carboxylic acids is 1. The van der Waals surface area contributed by atoms with Gasteiger partial charge in [0, 0.05) is 31.7 Å². The Morgan fingerprint density at radius 3 is 2.62 bits per heavy atom. The number of hydrogen-bond acceptors (Lipinski definition) is 5. The lowest BCUT2D eigenvalue weighted by Gasteiger charge is -2.42. The summed E-state index contributed by atoms with van der Waals surface area (Å²) in [5, 5.41) is 8.86. The Bertz CT molecular complexity index is 597. The molecule has 0 aromatic carbocycles. The van der Waals surface area contributed by atoms with E-state index in [1.165, 1.54) is 6.07 Å². The van der Waals surface area contributed by atoms with E-state index >= 15 is 0 Å². The Morgan fingerprint density at radius 1 is 1.42 bits per heavy atom. The maximum atomic E-state index is 12.2. The molecule has 1 saturated heterocycles. The topological polar surface area (TPSA) is 86.0 Å². The summed E-state index contributed by atoms with van der Waals surface area (Å²) >= 11 is 0. The van der Waals surface area contributed by atoms with Gasteiger partial charge in [-0.2, -0.15) is 0 Å². The fourth-order valence-electron chi connectivity index (χ4n) is 2.70. The molecule has 0 saturated carbocycles. The van der Waals surface area contributed by atoms with Gasteiger partial charge in [0.25, 0.3) is 0 Å². The van der Waals surface area contributed by atoms with Gasteiger partial charge >= 0.3 is 11.9 Å². The number of rotatable bonds is 3. The number of nitrogens with zero attached hydrogens (tertiary/aromatic N) is 4. The van der Waals surface area contributed by atoms with E-state index in [0.29, 0.717) is 19.6 Å². The van der Waals surface area contributed by atoms with Crippen LogP contribution in [0.2, 0.25) is 0 Å². The summed E-state index contributed by atoms with van der Waals surface area (Å²) in [6.07, 6.45) is 2.12. The minimum atomic E-state index is -0.510. The number of aromatic nitrogens is 1. The highest BCUT2D eigenvalue weighted by Crippen LogP contribution is 2.24. The molecular weight excluding hydrogens is 312 g/mol. The van der Waals surface area contributed by atoms with E-state index in [0.717, 1.165) is 12.1 Å². The molecule has 1 aliphatic rings. The minimum absolute atomic E-state index is 0.0563. The van der Waals surface area contributed by atoms with Crippen molar-refractivity contribution < 1.29 is 19.7 Å². The van der Waals surface area contributed by atoms with E-state index < -0.39 is 5.60 Å². The molecule has 1 aromatic rings. The van der Waals surface area contributed by atoms with Crippen LogP contribution in [0.4, 0.5) is 16.3 Å². The zero-order valence-electron chi connectivity index (χ0n) is 14.6. The summed E-state index contributed by atoms with van der Waals surface area (Å²) in [4.78, 5) is 30.6. The number of hydrogen-bond donors (Lipinski definition) is 1. The molecule has 0 aliphatic carbocycles. The van der Waals surface area contributed by atoms with Crippen LogP contribution in [0, 0.1) is 4.91 Å². The van der Waals surface area contributed by atoms with Gasteiger partial charge < -0.3 is 19.7 Å². The predicted molar refractivity (Wildman–Crippen MR) is 88.5 cm³/mol. The third kappa shape index (κ3) is 4.33. The Morgan fingerprint density at radius 2 is 2.12 bits per heavy atom. The first kappa shape index (κ1) is 18.0. The monoisotopic (exact) mass is 337 g/mol. The van der Waals surface area contributed by atoms with Crippen LogP contribution in [0.1, 0.15) is 34.1 Å². The van der Waals surface area contributed by atoms with Gasteiger partial charge in [0.1, 0.15) is 5.60 Å². The average Bonchev–Trinajstić information content (AvgIpc) is 2.52. The summed E-state index contributed by atoms with van der Waals surface area (Å²) in [6.45, 7) is 9.40. The normalized spacial score (nSPS) is 18.4. The molecule has 8 heteroatoms. The number of carbonyl (C=O) groups is 1. The van der Waals surface area contributed by atoms with Gasteiger partial charge in [-0.25, -0.2) is 4.79 Å². The first-order valence-corrected chi connectivity index (χ1v) is 8.08. The van der Waals surface area contributed by atoms with Crippen LogP contribution in [0.3, 0.4) is 0 Å². The number of piperazine rings is 1. The van der Waals surface area contributed by atoms with Crippen molar-refractivity contribution in [2.24, 2.45) is 0 Å². The van der Waals surface area contributed by atoms with Crippen LogP contribution in [0.5, 0.6) is 0 Å². The Kier molecular flexibility index (Phi) is 5.26. The van der Waals surface area contributed by atoms with Gasteiger partial charge in [0.2, 0.25) is 0 Å². The van der Waals surface area contributed by atoms with Crippen LogP contribution in [0.15, 0.2) is 18.3 Å². The molecular formula is C16H25N4O4+. The van der Waals surface area contributed by atoms with Crippen molar-refractivity contribution in [3.63, 3.8) is 0 Å². The zero-order valence-corrected chi connectivity index (χ0v) is 14.6. The quantitative estimate of drug-likeness (QED) is 0.854. The molecule has 24 heavy (non-hydrogen) atoms. The molecule has 1 amide bonds. The lowest BCUT2D eigenvalue weighted by Crippen LogP contribution is -2.55. The van der Waals surface area contributed by atoms with E-state index in [1.54, 1.807) is 17.2 Å². The van der Waals surface area contributed by atoms with E-state index in [9.17, 15) is 9.70 Å². The molecule has 132 valence electrons. The number of ether oxygens (including phenoxy) is 1. The lowest BCUT2D eigenvalue weighted by atomic mass is 10.1. The van der Waals surface area contributed by atoms with Crippen LogP contribution in [-0.2, 0) is 4.74 Å². The van der Waals surface area contributed by atoms with Gasteiger partial charge in [0.15, 0.2) is 11.1 Å². The van der Waals surface area contributed by atoms with E-state index in [4.69, 9.17) is 9.94 Å².